The number of hydrogen-bond donors (Lipinski definition) is 1. The molecule has 0 spiro atoms. The third-order valence-electron chi connectivity index (χ3n) is 4.02. The van der Waals surface area contributed by atoms with E-state index in [0.29, 0.717) is 22.6 Å². The van der Waals surface area contributed by atoms with E-state index in [1.165, 1.54) is 48.5 Å². The third kappa shape index (κ3) is 4.79. The Balaban J connectivity index is 1.61. The quantitative estimate of drug-likeness (QED) is 0.635. The van der Waals surface area contributed by atoms with Gasteiger partial charge in [0.05, 0.1) is 0 Å². The van der Waals surface area contributed by atoms with Gasteiger partial charge < -0.3 is 10.1 Å². The topological polar surface area (TPSA) is 55.4 Å². The Labute approximate surface area is 160 Å². The molecule has 3 aromatic rings. The number of carbonyl (C=O) groups is 2. The van der Waals surface area contributed by atoms with Gasteiger partial charge in [0.2, 0.25) is 0 Å². The minimum atomic E-state index is -0.802. The van der Waals surface area contributed by atoms with Crippen LogP contribution in [-0.4, -0.2) is 17.8 Å². The standard InChI is InChI=1S/C22H17F2NO3/c1-14(22(27)25-19-10-8-18(24)9-11-19)28-20-12-4-16(5-13-20)21(26)15-2-6-17(23)7-3-15/h2-14H,1H3,(H,25,27)/t14-/m0/s1. The second-order valence-electron chi connectivity index (χ2n) is 6.12. The highest BCUT2D eigenvalue weighted by Gasteiger charge is 2.16. The smallest absolute Gasteiger partial charge is 0.265 e. The molecule has 0 saturated carbocycles. The lowest BCUT2D eigenvalue weighted by Gasteiger charge is -2.15. The minimum Gasteiger partial charge on any atom is -0.481 e. The first-order valence-corrected chi connectivity index (χ1v) is 8.56. The Kier molecular flexibility index (Phi) is 5.79. The number of amides is 1. The molecule has 1 amide bonds. The molecule has 0 heterocycles. The molecule has 0 aromatic heterocycles. The Morgan fingerprint density at radius 3 is 1.79 bits per heavy atom. The molecular weight excluding hydrogens is 364 g/mol. The predicted octanol–water partition coefficient (Wildman–Crippen LogP) is 4.60. The van der Waals surface area contributed by atoms with E-state index < -0.39 is 23.6 Å². The molecule has 3 rings (SSSR count). The summed E-state index contributed by atoms with van der Waals surface area (Å²) in [5.74, 6) is -1.02. The fraction of sp³-hybridized carbons (Fsp3) is 0.0909. The van der Waals surface area contributed by atoms with Gasteiger partial charge in [-0.15, -0.1) is 0 Å². The van der Waals surface area contributed by atoms with Crippen molar-refractivity contribution >= 4 is 17.4 Å². The number of rotatable bonds is 6. The maximum absolute atomic E-state index is 13.0. The lowest BCUT2D eigenvalue weighted by atomic mass is 10.0. The highest BCUT2D eigenvalue weighted by Crippen LogP contribution is 2.18. The van der Waals surface area contributed by atoms with Crippen LogP contribution < -0.4 is 10.1 Å². The normalized spacial score (nSPS) is 11.5. The average molecular weight is 381 g/mol. The zero-order valence-electron chi connectivity index (χ0n) is 15.0. The number of anilines is 1. The first-order valence-electron chi connectivity index (χ1n) is 8.56. The van der Waals surface area contributed by atoms with Crippen molar-refractivity contribution in [1.29, 1.82) is 0 Å². The van der Waals surface area contributed by atoms with Gasteiger partial charge in [-0.1, -0.05) is 0 Å². The maximum Gasteiger partial charge on any atom is 0.265 e. The zero-order chi connectivity index (χ0) is 20.1. The Morgan fingerprint density at radius 1 is 0.786 bits per heavy atom. The van der Waals surface area contributed by atoms with Crippen LogP contribution in [0, 0.1) is 11.6 Å². The van der Waals surface area contributed by atoms with Gasteiger partial charge in [-0.2, -0.15) is 0 Å². The highest BCUT2D eigenvalue weighted by atomic mass is 19.1. The fourth-order valence-corrected chi connectivity index (χ4v) is 2.49. The van der Waals surface area contributed by atoms with E-state index in [1.807, 2.05) is 0 Å². The van der Waals surface area contributed by atoms with Crippen LogP contribution in [0.25, 0.3) is 0 Å². The summed E-state index contributed by atoms with van der Waals surface area (Å²) in [6.45, 7) is 1.58. The maximum atomic E-state index is 13.0. The monoisotopic (exact) mass is 381 g/mol. The molecular formula is C22H17F2NO3. The number of carbonyl (C=O) groups excluding carboxylic acids is 2. The minimum absolute atomic E-state index is 0.242. The lowest BCUT2D eigenvalue weighted by Crippen LogP contribution is -2.30. The Bertz CT molecular complexity index is 968. The van der Waals surface area contributed by atoms with E-state index in [-0.39, 0.29) is 5.78 Å². The van der Waals surface area contributed by atoms with E-state index in [1.54, 1.807) is 31.2 Å². The van der Waals surface area contributed by atoms with Gasteiger partial charge in [0, 0.05) is 16.8 Å². The number of benzene rings is 3. The molecule has 0 aliphatic rings. The molecule has 0 saturated heterocycles. The van der Waals surface area contributed by atoms with Crippen molar-refractivity contribution in [2.24, 2.45) is 0 Å². The molecule has 1 N–H and O–H groups in total. The van der Waals surface area contributed by atoms with Gasteiger partial charge in [-0.05, 0) is 79.7 Å². The van der Waals surface area contributed by atoms with E-state index in [9.17, 15) is 18.4 Å². The summed E-state index contributed by atoms with van der Waals surface area (Å²) in [6, 6.07) is 17.0. The summed E-state index contributed by atoms with van der Waals surface area (Å²) in [5.41, 5.74) is 1.26. The van der Waals surface area contributed by atoms with Crippen LogP contribution in [-0.2, 0) is 4.79 Å². The second-order valence-corrected chi connectivity index (χ2v) is 6.12. The van der Waals surface area contributed by atoms with E-state index in [0.717, 1.165) is 0 Å². The van der Waals surface area contributed by atoms with Crippen LogP contribution >= 0.6 is 0 Å². The molecule has 0 fully saturated rings. The average Bonchev–Trinajstić information content (AvgIpc) is 2.70. The van der Waals surface area contributed by atoms with Crippen molar-refractivity contribution < 1.29 is 23.1 Å². The number of halogens is 2. The first kappa shape index (κ1) is 19.2. The zero-order valence-corrected chi connectivity index (χ0v) is 15.0. The van der Waals surface area contributed by atoms with Crippen LogP contribution in [0.5, 0.6) is 5.75 Å². The molecule has 0 aliphatic carbocycles. The van der Waals surface area contributed by atoms with Crippen molar-refractivity contribution in [2.75, 3.05) is 5.32 Å². The lowest BCUT2D eigenvalue weighted by molar-refractivity contribution is -0.122. The van der Waals surface area contributed by atoms with Crippen LogP contribution in [0.4, 0.5) is 14.5 Å². The molecule has 28 heavy (non-hydrogen) atoms. The molecule has 142 valence electrons. The predicted molar refractivity (Wildman–Crippen MR) is 101 cm³/mol. The highest BCUT2D eigenvalue weighted by molar-refractivity contribution is 6.09. The summed E-state index contributed by atoms with van der Waals surface area (Å²) in [7, 11) is 0. The fourth-order valence-electron chi connectivity index (χ4n) is 2.49. The Hall–Kier alpha value is -3.54. The molecule has 3 aromatic carbocycles. The molecule has 0 aliphatic heterocycles. The third-order valence-corrected chi connectivity index (χ3v) is 4.02. The number of nitrogens with one attached hydrogen (secondary N) is 1. The van der Waals surface area contributed by atoms with Gasteiger partial charge in [0.15, 0.2) is 11.9 Å². The molecule has 4 nitrogen and oxygen atoms in total. The van der Waals surface area contributed by atoms with Crippen LogP contribution in [0.3, 0.4) is 0 Å². The molecule has 0 unspecified atom stereocenters. The van der Waals surface area contributed by atoms with Gasteiger partial charge in [0.1, 0.15) is 17.4 Å². The molecule has 6 heteroatoms. The van der Waals surface area contributed by atoms with Crippen LogP contribution in [0.15, 0.2) is 72.8 Å². The van der Waals surface area contributed by atoms with E-state index in [2.05, 4.69) is 5.32 Å². The van der Waals surface area contributed by atoms with Crippen molar-refractivity contribution in [3.8, 4) is 5.75 Å². The van der Waals surface area contributed by atoms with Gasteiger partial charge in [0.25, 0.3) is 5.91 Å². The van der Waals surface area contributed by atoms with Gasteiger partial charge in [-0.25, -0.2) is 8.78 Å². The van der Waals surface area contributed by atoms with Crippen molar-refractivity contribution in [2.45, 2.75) is 13.0 Å². The molecule has 0 bridgehead atoms. The summed E-state index contributed by atoms with van der Waals surface area (Å²) < 4.78 is 31.5. The van der Waals surface area contributed by atoms with Crippen LogP contribution in [0.1, 0.15) is 22.8 Å². The van der Waals surface area contributed by atoms with E-state index >= 15 is 0 Å². The summed E-state index contributed by atoms with van der Waals surface area (Å²) >= 11 is 0. The number of ether oxygens (including phenoxy) is 1. The Morgan fingerprint density at radius 2 is 1.25 bits per heavy atom. The number of hydrogen-bond acceptors (Lipinski definition) is 3. The molecule has 0 radical (unpaired) electrons. The van der Waals surface area contributed by atoms with Crippen LogP contribution in [0.2, 0.25) is 0 Å². The van der Waals surface area contributed by atoms with Gasteiger partial charge >= 0.3 is 0 Å². The van der Waals surface area contributed by atoms with E-state index in [4.69, 9.17) is 4.74 Å². The van der Waals surface area contributed by atoms with Gasteiger partial charge in [-0.3, -0.25) is 9.59 Å². The summed E-state index contributed by atoms with van der Waals surface area (Å²) in [4.78, 5) is 24.5. The van der Waals surface area contributed by atoms with Crippen molar-refractivity contribution in [3.63, 3.8) is 0 Å². The molecule has 1 atom stereocenters. The number of ketones is 1. The SMILES string of the molecule is C[C@H](Oc1ccc(C(=O)c2ccc(F)cc2)cc1)C(=O)Nc1ccc(F)cc1. The second kappa shape index (κ2) is 8.43. The summed E-state index contributed by atoms with van der Waals surface area (Å²) in [5, 5.41) is 2.63. The van der Waals surface area contributed by atoms with Crippen molar-refractivity contribution in [1.82, 2.24) is 0 Å². The largest absolute Gasteiger partial charge is 0.481 e. The van der Waals surface area contributed by atoms with Crippen molar-refractivity contribution in [3.05, 3.63) is 95.6 Å². The summed E-state index contributed by atoms with van der Waals surface area (Å²) in [6.07, 6.45) is -0.802. The first-order chi connectivity index (χ1) is 13.4.